The number of likely N-dealkylation sites (tertiary alicyclic amines) is 1. The number of carboxylic acids is 1. The molecule has 1 heterocycles. The molecule has 2 N–H and O–H groups in total. The van der Waals surface area contributed by atoms with E-state index in [0.717, 1.165) is 19.4 Å². The van der Waals surface area contributed by atoms with Crippen molar-refractivity contribution >= 4 is 12.0 Å². The highest BCUT2D eigenvalue weighted by Crippen LogP contribution is 2.23. The zero-order valence-electron chi connectivity index (χ0n) is 13.2. The second-order valence-electron chi connectivity index (χ2n) is 5.74. The van der Waals surface area contributed by atoms with Crippen molar-refractivity contribution < 1.29 is 19.4 Å². The minimum Gasteiger partial charge on any atom is -0.480 e. The summed E-state index contributed by atoms with van der Waals surface area (Å²) in [7, 11) is 3.93. The minimum absolute atomic E-state index is 0.0154. The average molecular weight is 301 g/mol. The first kappa shape index (κ1) is 17.7. The van der Waals surface area contributed by atoms with Gasteiger partial charge in [0, 0.05) is 19.6 Å². The summed E-state index contributed by atoms with van der Waals surface area (Å²) in [5, 5.41) is 12.0. The van der Waals surface area contributed by atoms with E-state index in [2.05, 4.69) is 5.32 Å². The lowest BCUT2D eigenvalue weighted by Gasteiger charge is -2.37. The van der Waals surface area contributed by atoms with Gasteiger partial charge < -0.3 is 25.0 Å². The molecular weight excluding hydrogens is 274 g/mol. The van der Waals surface area contributed by atoms with E-state index in [1.807, 2.05) is 25.9 Å². The number of carboxylic acid groups (broad SMARTS) is 1. The first-order valence-corrected chi connectivity index (χ1v) is 7.43. The van der Waals surface area contributed by atoms with Gasteiger partial charge in [-0.2, -0.15) is 0 Å². The fraction of sp³-hybridized carbons (Fsp3) is 0.857. The Balaban J connectivity index is 2.31. The third-order valence-electron chi connectivity index (χ3n) is 3.65. The molecule has 0 saturated carbocycles. The normalized spacial score (nSPS) is 22.4. The molecule has 1 rings (SSSR count). The molecule has 2 atom stereocenters. The van der Waals surface area contributed by atoms with Crippen LogP contribution in [0.15, 0.2) is 0 Å². The van der Waals surface area contributed by atoms with Crippen molar-refractivity contribution in [1.29, 1.82) is 0 Å². The van der Waals surface area contributed by atoms with Crippen LogP contribution in [0.4, 0.5) is 4.79 Å². The molecule has 0 aromatic carbocycles. The van der Waals surface area contributed by atoms with Crippen molar-refractivity contribution in [2.45, 2.75) is 25.8 Å². The molecule has 7 heteroatoms. The number of hydrogen-bond acceptors (Lipinski definition) is 4. The number of hydrogen-bond donors (Lipinski definition) is 2. The number of rotatable bonds is 7. The molecular formula is C14H27N3O4. The first-order valence-electron chi connectivity index (χ1n) is 7.43. The molecule has 2 unspecified atom stereocenters. The fourth-order valence-corrected chi connectivity index (χ4v) is 2.47. The maximum atomic E-state index is 12.1. The van der Waals surface area contributed by atoms with E-state index >= 15 is 0 Å². The summed E-state index contributed by atoms with van der Waals surface area (Å²) in [5.41, 5.74) is 0. The Morgan fingerprint density at radius 1 is 1.38 bits per heavy atom. The molecule has 0 aromatic heterocycles. The van der Waals surface area contributed by atoms with Gasteiger partial charge in [-0.3, -0.25) is 0 Å². The summed E-state index contributed by atoms with van der Waals surface area (Å²) in [6.07, 6.45) is 1.69. The van der Waals surface area contributed by atoms with Gasteiger partial charge in [-0.25, -0.2) is 9.59 Å². The number of nitrogens with zero attached hydrogens (tertiary/aromatic N) is 2. The molecule has 1 fully saturated rings. The zero-order valence-corrected chi connectivity index (χ0v) is 13.2. The number of amides is 2. The van der Waals surface area contributed by atoms with E-state index in [9.17, 15) is 14.7 Å². The molecule has 122 valence electrons. The number of likely N-dealkylation sites (N-methyl/N-ethyl adjacent to an activating group) is 1. The molecule has 0 aromatic rings. The SMILES string of the molecule is CC1CCCN(C(=O)NCCOCCN(C)C)C1C(=O)O. The molecule has 0 spiro atoms. The van der Waals surface area contributed by atoms with Gasteiger partial charge in [-0.05, 0) is 32.9 Å². The maximum absolute atomic E-state index is 12.1. The van der Waals surface area contributed by atoms with Gasteiger partial charge in [-0.15, -0.1) is 0 Å². The van der Waals surface area contributed by atoms with Gasteiger partial charge in [0.25, 0.3) is 0 Å². The lowest BCUT2D eigenvalue weighted by Crippen LogP contribution is -2.55. The second kappa shape index (κ2) is 8.84. The van der Waals surface area contributed by atoms with Gasteiger partial charge in [0.1, 0.15) is 6.04 Å². The van der Waals surface area contributed by atoms with Crippen LogP contribution in [-0.2, 0) is 9.53 Å². The Kier molecular flexibility index (Phi) is 7.45. The van der Waals surface area contributed by atoms with Gasteiger partial charge in [-0.1, -0.05) is 6.92 Å². The summed E-state index contributed by atoms with van der Waals surface area (Å²) in [6.45, 7) is 4.64. The van der Waals surface area contributed by atoms with E-state index < -0.39 is 12.0 Å². The standard InChI is InChI=1S/C14H27N3O4/c1-11-5-4-7-17(12(11)13(18)19)14(20)15-6-9-21-10-8-16(2)3/h11-12H,4-10H2,1-3H3,(H,15,20)(H,18,19). The van der Waals surface area contributed by atoms with Crippen molar-refractivity contribution in [2.24, 2.45) is 5.92 Å². The number of carbonyl (C=O) groups excluding carboxylic acids is 1. The molecule has 21 heavy (non-hydrogen) atoms. The van der Waals surface area contributed by atoms with Crippen molar-refractivity contribution in [3.8, 4) is 0 Å². The third kappa shape index (κ3) is 5.89. The Hall–Kier alpha value is -1.34. The van der Waals surface area contributed by atoms with Crippen molar-refractivity contribution in [1.82, 2.24) is 15.1 Å². The van der Waals surface area contributed by atoms with E-state index in [1.54, 1.807) is 0 Å². The number of piperidine rings is 1. The Labute approximate surface area is 126 Å². The Morgan fingerprint density at radius 3 is 2.71 bits per heavy atom. The second-order valence-corrected chi connectivity index (χ2v) is 5.74. The molecule has 1 aliphatic rings. The van der Waals surface area contributed by atoms with Crippen molar-refractivity contribution in [3.63, 3.8) is 0 Å². The zero-order chi connectivity index (χ0) is 15.8. The topological polar surface area (TPSA) is 82.1 Å². The van der Waals surface area contributed by atoms with Crippen molar-refractivity contribution in [3.05, 3.63) is 0 Å². The van der Waals surface area contributed by atoms with Crippen LogP contribution in [0.2, 0.25) is 0 Å². The number of urea groups is 1. The fourth-order valence-electron chi connectivity index (χ4n) is 2.47. The monoisotopic (exact) mass is 301 g/mol. The van der Waals surface area contributed by atoms with E-state index in [1.165, 1.54) is 4.90 Å². The summed E-state index contributed by atoms with van der Waals surface area (Å²) < 4.78 is 5.39. The third-order valence-corrected chi connectivity index (χ3v) is 3.65. The predicted molar refractivity (Wildman–Crippen MR) is 79.3 cm³/mol. The van der Waals surface area contributed by atoms with Crippen molar-refractivity contribution in [2.75, 3.05) is 46.9 Å². The number of ether oxygens (including phenoxy) is 1. The molecule has 0 bridgehead atoms. The van der Waals surface area contributed by atoms with Crippen LogP contribution in [0.3, 0.4) is 0 Å². The Bertz CT molecular complexity index is 349. The highest BCUT2D eigenvalue weighted by atomic mass is 16.5. The van der Waals surface area contributed by atoms with Crippen LogP contribution in [0.5, 0.6) is 0 Å². The number of nitrogens with one attached hydrogen (secondary N) is 1. The maximum Gasteiger partial charge on any atom is 0.326 e. The highest BCUT2D eigenvalue weighted by Gasteiger charge is 2.36. The van der Waals surface area contributed by atoms with Crippen LogP contribution >= 0.6 is 0 Å². The van der Waals surface area contributed by atoms with Gasteiger partial charge in [0.05, 0.1) is 13.2 Å². The van der Waals surface area contributed by atoms with E-state index in [4.69, 9.17) is 4.74 Å². The van der Waals surface area contributed by atoms with Crippen LogP contribution in [0, 0.1) is 5.92 Å². The summed E-state index contributed by atoms with van der Waals surface area (Å²) in [5.74, 6) is -0.946. The van der Waals surface area contributed by atoms with Gasteiger partial charge >= 0.3 is 12.0 Å². The van der Waals surface area contributed by atoms with Crippen LogP contribution in [-0.4, -0.2) is 79.9 Å². The smallest absolute Gasteiger partial charge is 0.326 e. The largest absolute Gasteiger partial charge is 0.480 e. The summed E-state index contributed by atoms with van der Waals surface area (Å²) in [4.78, 5) is 26.8. The lowest BCUT2D eigenvalue weighted by molar-refractivity contribution is -0.145. The first-order chi connectivity index (χ1) is 9.93. The Morgan fingerprint density at radius 2 is 2.10 bits per heavy atom. The van der Waals surface area contributed by atoms with E-state index in [-0.39, 0.29) is 11.9 Å². The highest BCUT2D eigenvalue weighted by molar-refractivity contribution is 5.83. The molecule has 0 aliphatic carbocycles. The van der Waals surface area contributed by atoms with Crippen LogP contribution < -0.4 is 5.32 Å². The summed E-state index contributed by atoms with van der Waals surface area (Å²) in [6, 6.07) is -1.04. The predicted octanol–water partition coefficient (Wildman–Crippen LogP) is 0.459. The number of carbonyl (C=O) groups is 2. The average Bonchev–Trinajstić information content (AvgIpc) is 2.41. The molecule has 1 saturated heterocycles. The van der Waals surface area contributed by atoms with Crippen LogP contribution in [0.25, 0.3) is 0 Å². The summed E-state index contributed by atoms with van der Waals surface area (Å²) >= 11 is 0. The number of aliphatic carboxylic acids is 1. The lowest BCUT2D eigenvalue weighted by atomic mass is 9.91. The molecule has 0 radical (unpaired) electrons. The molecule has 2 amide bonds. The van der Waals surface area contributed by atoms with Crippen LogP contribution in [0.1, 0.15) is 19.8 Å². The van der Waals surface area contributed by atoms with Gasteiger partial charge in [0.15, 0.2) is 0 Å². The van der Waals surface area contributed by atoms with Gasteiger partial charge in [0.2, 0.25) is 0 Å². The van der Waals surface area contributed by atoms with E-state index in [0.29, 0.717) is 26.3 Å². The molecule has 1 aliphatic heterocycles. The minimum atomic E-state index is -0.931. The molecule has 7 nitrogen and oxygen atoms in total. The quantitative estimate of drug-likeness (QED) is 0.668.